The minimum atomic E-state index is -0.331. The maximum atomic E-state index is 12.7. The lowest BCUT2D eigenvalue weighted by Gasteiger charge is -2.40. The maximum absolute atomic E-state index is 12.7. The van der Waals surface area contributed by atoms with Crippen molar-refractivity contribution in [2.75, 3.05) is 37.0 Å². The number of rotatable bonds is 7. The number of amides is 1. The third kappa shape index (κ3) is 3.80. The van der Waals surface area contributed by atoms with Crippen LogP contribution in [-0.4, -0.2) is 58.3 Å². The highest BCUT2D eigenvalue weighted by Crippen LogP contribution is 2.27. The van der Waals surface area contributed by atoms with E-state index in [1.165, 1.54) is 19.0 Å². The van der Waals surface area contributed by atoms with E-state index in [0.29, 0.717) is 17.4 Å². The Morgan fingerprint density at radius 1 is 1.23 bits per heavy atom. The van der Waals surface area contributed by atoms with Gasteiger partial charge in [-0.2, -0.15) is 5.10 Å². The molecule has 5 rings (SSSR count). The smallest absolute Gasteiger partial charge is 0.275 e. The fourth-order valence-corrected chi connectivity index (χ4v) is 3.70. The second kappa shape index (κ2) is 7.56. The van der Waals surface area contributed by atoms with Gasteiger partial charge in [0.25, 0.3) is 5.91 Å². The molecule has 0 bridgehead atoms. The number of nitrogens with one attached hydrogen (secondary N) is 2. The molecule has 0 radical (unpaired) electrons. The summed E-state index contributed by atoms with van der Waals surface area (Å²) in [5, 5.41) is 10.8. The third-order valence-electron chi connectivity index (χ3n) is 5.58. The summed E-state index contributed by atoms with van der Waals surface area (Å²) in [6.07, 6.45) is 7.56. The Labute approximate surface area is 174 Å². The molecule has 0 spiro atoms. The molecule has 1 aliphatic heterocycles. The summed E-state index contributed by atoms with van der Waals surface area (Å²) in [5.41, 5.74) is 2.58. The molecule has 30 heavy (non-hydrogen) atoms. The maximum Gasteiger partial charge on any atom is 0.275 e. The number of carbonyl (C=O) groups is 1. The van der Waals surface area contributed by atoms with Crippen molar-refractivity contribution in [2.24, 2.45) is 5.92 Å². The number of aromatic nitrogens is 4. The van der Waals surface area contributed by atoms with Gasteiger partial charge in [-0.1, -0.05) is 0 Å². The summed E-state index contributed by atoms with van der Waals surface area (Å²) in [7, 11) is 1.56. The molecule has 156 valence electrons. The van der Waals surface area contributed by atoms with E-state index in [2.05, 4.69) is 30.6 Å². The highest BCUT2D eigenvalue weighted by atomic mass is 16.5. The van der Waals surface area contributed by atoms with Gasteiger partial charge < -0.3 is 20.3 Å². The molecule has 1 aliphatic carbocycles. The Morgan fingerprint density at radius 2 is 2.07 bits per heavy atom. The standard InChI is InChI=1S/C21H25N7O2/c1-13-5-16-6-17(19(30-2)12-28(16)26-13)25-21(29)18-8-24-20(9-23-18)27-10-14(11-27)7-22-15-3-4-15/h5-6,8-9,12,14-15,22H,3-4,7,10-11H2,1-2H3,(H,25,29). The summed E-state index contributed by atoms with van der Waals surface area (Å²) >= 11 is 0. The van der Waals surface area contributed by atoms with Gasteiger partial charge in [0, 0.05) is 31.6 Å². The van der Waals surface area contributed by atoms with Crippen molar-refractivity contribution in [1.82, 2.24) is 24.9 Å². The van der Waals surface area contributed by atoms with Crippen LogP contribution in [0.5, 0.6) is 5.75 Å². The van der Waals surface area contributed by atoms with E-state index in [9.17, 15) is 4.79 Å². The molecule has 3 aromatic heterocycles. The van der Waals surface area contributed by atoms with Crippen LogP contribution in [-0.2, 0) is 0 Å². The summed E-state index contributed by atoms with van der Waals surface area (Å²) < 4.78 is 7.12. The van der Waals surface area contributed by atoms with Crippen LogP contribution in [0, 0.1) is 12.8 Å². The summed E-state index contributed by atoms with van der Waals surface area (Å²) in [6, 6.07) is 4.51. The normalized spacial score (nSPS) is 16.5. The van der Waals surface area contributed by atoms with Crippen LogP contribution >= 0.6 is 0 Å². The molecule has 1 saturated carbocycles. The van der Waals surface area contributed by atoms with E-state index in [-0.39, 0.29) is 11.6 Å². The Bertz CT molecular complexity index is 1070. The fourth-order valence-electron chi connectivity index (χ4n) is 3.70. The molecule has 9 nitrogen and oxygen atoms in total. The van der Waals surface area contributed by atoms with Crippen LogP contribution in [0.1, 0.15) is 29.0 Å². The van der Waals surface area contributed by atoms with E-state index in [1.54, 1.807) is 24.0 Å². The van der Waals surface area contributed by atoms with Gasteiger partial charge in [-0.3, -0.25) is 4.79 Å². The number of hydrogen-bond donors (Lipinski definition) is 2. The predicted molar refractivity (Wildman–Crippen MR) is 113 cm³/mol. The average Bonchev–Trinajstić information content (AvgIpc) is 3.46. The zero-order valence-electron chi connectivity index (χ0n) is 17.1. The molecule has 0 unspecified atom stereocenters. The van der Waals surface area contributed by atoms with Crippen LogP contribution in [0.3, 0.4) is 0 Å². The number of ether oxygens (including phenoxy) is 1. The Hall–Kier alpha value is -3.20. The topological polar surface area (TPSA) is 96.7 Å². The van der Waals surface area contributed by atoms with Crippen molar-refractivity contribution in [3.63, 3.8) is 0 Å². The highest BCUT2D eigenvalue weighted by Gasteiger charge is 2.30. The van der Waals surface area contributed by atoms with Gasteiger partial charge >= 0.3 is 0 Å². The molecule has 0 atom stereocenters. The lowest BCUT2D eigenvalue weighted by molar-refractivity contribution is 0.102. The number of nitrogens with zero attached hydrogens (tertiary/aromatic N) is 5. The quantitative estimate of drug-likeness (QED) is 0.617. The van der Waals surface area contributed by atoms with Crippen LogP contribution in [0.25, 0.3) is 5.52 Å². The first-order chi connectivity index (χ1) is 14.6. The first-order valence-corrected chi connectivity index (χ1v) is 10.2. The van der Waals surface area contributed by atoms with Crippen molar-refractivity contribution < 1.29 is 9.53 Å². The molecule has 0 aromatic carbocycles. The number of anilines is 2. The summed E-state index contributed by atoms with van der Waals surface area (Å²) in [6.45, 7) is 4.93. The van der Waals surface area contributed by atoms with Gasteiger partial charge in [-0.05, 0) is 31.9 Å². The number of methoxy groups -OCH3 is 1. The third-order valence-corrected chi connectivity index (χ3v) is 5.58. The van der Waals surface area contributed by atoms with E-state index in [1.807, 2.05) is 19.1 Å². The average molecular weight is 407 g/mol. The van der Waals surface area contributed by atoms with Crippen molar-refractivity contribution in [3.8, 4) is 5.75 Å². The van der Waals surface area contributed by atoms with Gasteiger partial charge in [-0.25, -0.2) is 14.5 Å². The molecular weight excluding hydrogens is 382 g/mol. The SMILES string of the molecule is COc1cn2nc(C)cc2cc1NC(=O)c1cnc(N2CC(CNC3CC3)C2)cn1. The van der Waals surface area contributed by atoms with Gasteiger partial charge in [-0.15, -0.1) is 0 Å². The van der Waals surface area contributed by atoms with E-state index < -0.39 is 0 Å². The lowest BCUT2D eigenvalue weighted by Crippen LogP contribution is -2.51. The van der Waals surface area contributed by atoms with Crippen LogP contribution in [0.2, 0.25) is 0 Å². The van der Waals surface area contributed by atoms with Crippen molar-refractivity contribution >= 4 is 22.9 Å². The molecule has 1 saturated heterocycles. The zero-order chi connectivity index (χ0) is 20.7. The van der Waals surface area contributed by atoms with E-state index in [0.717, 1.165) is 42.7 Å². The van der Waals surface area contributed by atoms with Crippen molar-refractivity contribution in [2.45, 2.75) is 25.8 Å². The highest BCUT2D eigenvalue weighted by molar-refractivity contribution is 6.03. The Morgan fingerprint density at radius 3 is 2.77 bits per heavy atom. The molecular formula is C21H25N7O2. The first kappa shape index (κ1) is 18.8. The van der Waals surface area contributed by atoms with Crippen molar-refractivity contribution in [1.29, 1.82) is 0 Å². The molecule has 1 amide bonds. The summed E-state index contributed by atoms with van der Waals surface area (Å²) in [5.74, 6) is 1.66. The second-order valence-corrected chi connectivity index (χ2v) is 8.08. The monoisotopic (exact) mass is 407 g/mol. The predicted octanol–water partition coefficient (Wildman–Crippen LogP) is 1.88. The molecule has 2 aliphatic rings. The lowest BCUT2D eigenvalue weighted by atomic mass is 10.0. The first-order valence-electron chi connectivity index (χ1n) is 10.2. The minimum absolute atomic E-state index is 0.262. The van der Waals surface area contributed by atoms with E-state index in [4.69, 9.17) is 4.74 Å². The van der Waals surface area contributed by atoms with Crippen LogP contribution < -0.4 is 20.3 Å². The van der Waals surface area contributed by atoms with Gasteiger partial charge in [0.05, 0.1) is 42.6 Å². The van der Waals surface area contributed by atoms with Crippen LogP contribution in [0.15, 0.2) is 30.7 Å². The Kier molecular flexibility index (Phi) is 4.74. The number of pyridine rings is 1. The van der Waals surface area contributed by atoms with Gasteiger partial charge in [0.15, 0.2) is 5.75 Å². The second-order valence-electron chi connectivity index (χ2n) is 8.08. The van der Waals surface area contributed by atoms with Crippen LogP contribution in [0.4, 0.5) is 11.5 Å². The fraction of sp³-hybridized carbons (Fsp3) is 0.429. The number of fused-ring (bicyclic) bond motifs is 1. The van der Waals surface area contributed by atoms with Crippen molar-refractivity contribution in [3.05, 3.63) is 42.1 Å². The largest absolute Gasteiger partial charge is 0.493 e. The molecule has 3 aromatic rings. The molecule has 9 heteroatoms. The van der Waals surface area contributed by atoms with E-state index >= 15 is 0 Å². The summed E-state index contributed by atoms with van der Waals surface area (Å²) in [4.78, 5) is 23.6. The Balaban J connectivity index is 1.23. The molecule has 2 N–H and O–H groups in total. The number of carbonyl (C=O) groups excluding carboxylic acids is 1. The number of aryl methyl sites for hydroxylation is 1. The zero-order valence-corrected chi connectivity index (χ0v) is 17.1. The van der Waals surface area contributed by atoms with Gasteiger partial charge in [0.1, 0.15) is 11.5 Å². The molecule has 4 heterocycles. The van der Waals surface area contributed by atoms with Gasteiger partial charge in [0.2, 0.25) is 0 Å². The minimum Gasteiger partial charge on any atom is -0.493 e. The number of hydrogen-bond acceptors (Lipinski definition) is 7. The molecule has 2 fully saturated rings.